The van der Waals surface area contributed by atoms with Gasteiger partial charge in [-0.3, -0.25) is 15.0 Å². The normalized spacial score (nSPS) is 14.6. The number of hydrogen-bond donors (Lipinski definition) is 1. The van der Waals surface area contributed by atoms with Crippen molar-refractivity contribution in [2.75, 3.05) is 24.0 Å². The predicted octanol–water partition coefficient (Wildman–Crippen LogP) is 3.79. The second kappa shape index (κ2) is 8.75. The Hall–Kier alpha value is -4.06. The Bertz CT molecular complexity index is 1130. The van der Waals surface area contributed by atoms with Crippen molar-refractivity contribution in [3.8, 4) is 5.75 Å². The summed E-state index contributed by atoms with van der Waals surface area (Å²) in [7, 11) is 3.89. The Labute approximate surface area is 181 Å². The van der Waals surface area contributed by atoms with Gasteiger partial charge in [-0.25, -0.2) is 5.01 Å². The molecule has 0 radical (unpaired) electrons. The number of carbonyl (C=O) groups excluding carboxylic acids is 2. The number of hydrazine groups is 1. The third-order valence-corrected chi connectivity index (χ3v) is 4.96. The van der Waals surface area contributed by atoms with Gasteiger partial charge in [0.25, 0.3) is 11.8 Å². The van der Waals surface area contributed by atoms with Gasteiger partial charge in [0.05, 0.1) is 5.69 Å². The van der Waals surface area contributed by atoms with Crippen LogP contribution >= 0.6 is 0 Å². The topological polar surface area (TPSA) is 61.9 Å². The molecule has 6 nitrogen and oxygen atoms in total. The van der Waals surface area contributed by atoms with E-state index in [4.69, 9.17) is 4.74 Å². The van der Waals surface area contributed by atoms with Crippen LogP contribution in [0, 0.1) is 0 Å². The molecule has 3 aromatic rings. The first-order valence-electron chi connectivity index (χ1n) is 9.93. The highest BCUT2D eigenvalue weighted by Gasteiger charge is 2.34. The fourth-order valence-corrected chi connectivity index (χ4v) is 3.25. The molecule has 1 N–H and O–H groups in total. The zero-order valence-corrected chi connectivity index (χ0v) is 17.4. The Kier molecular flexibility index (Phi) is 5.71. The van der Waals surface area contributed by atoms with Gasteiger partial charge in [0, 0.05) is 31.4 Å². The molecule has 0 aromatic heterocycles. The fourth-order valence-electron chi connectivity index (χ4n) is 3.25. The van der Waals surface area contributed by atoms with E-state index in [1.807, 2.05) is 85.7 Å². The molecule has 2 amide bonds. The van der Waals surface area contributed by atoms with Crippen molar-refractivity contribution in [2.24, 2.45) is 0 Å². The molecule has 4 rings (SSSR count). The van der Waals surface area contributed by atoms with Gasteiger partial charge in [0.15, 0.2) is 0 Å². The summed E-state index contributed by atoms with van der Waals surface area (Å²) in [4.78, 5) is 27.4. The Balaban J connectivity index is 1.65. The molecule has 1 aliphatic heterocycles. The van der Waals surface area contributed by atoms with E-state index in [0.717, 1.165) is 11.3 Å². The van der Waals surface area contributed by atoms with Gasteiger partial charge in [0.2, 0.25) is 0 Å². The summed E-state index contributed by atoms with van der Waals surface area (Å²) in [5.74, 6) is -0.247. The van der Waals surface area contributed by atoms with Crippen LogP contribution < -0.4 is 20.1 Å². The van der Waals surface area contributed by atoms with Crippen LogP contribution in [0.3, 0.4) is 0 Å². The van der Waals surface area contributed by atoms with E-state index in [-0.39, 0.29) is 5.57 Å². The second-order valence-corrected chi connectivity index (χ2v) is 7.37. The second-order valence-electron chi connectivity index (χ2n) is 7.37. The molecule has 31 heavy (non-hydrogen) atoms. The van der Waals surface area contributed by atoms with Crippen LogP contribution in [0.5, 0.6) is 5.75 Å². The van der Waals surface area contributed by atoms with E-state index >= 15 is 0 Å². The first kappa shape index (κ1) is 20.2. The molecule has 6 heteroatoms. The number of rotatable bonds is 6. The molecule has 0 spiro atoms. The maximum Gasteiger partial charge on any atom is 0.282 e. The molecule has 1 heterocycles. The van der Waals surface area contributed by atoms with Crippen LogP contribution in [0.25, 0.3) is 6.08 Å². The van der Waals surface area contributed by atoms with Crippen LogP contribution in [0.4, 0.5) is 11.4 Å². The SMILES string of the molecule is CN(C)c1ccc(/C=C2/C(=O)NN(c3ccccc3)C2=O)c(OCc2ccccc2)c1. The monoisotopic (exact) mass is 413 g/mol. The molecule has 3 aromatic carbocycles. The minimum atomic E-state index is -0.445. The molecule has 1 saturated heterocycles. The van der Waals surface area contributed by atoms with E-state index in [0.29, 0.717) is 23.6 Å². The molecular formula is C25H23N3O3. The van der Waals surface area contributed by atoms with Crippen molar-refractivity contribution in [1.29, 1.82) is 0 Å². The zero-order chi connectivity index (χ0) is 21.8. The zero-order valence-electron chi connectivity index (χ0n) is 17.4. The molecular weight excluding hydrogens is 390 g/mol. The summed E-state index contributed by atoms with van der Waals surface area (Å²) >= 11 is 0. The third kappa shape index (κ3) is 4.43. The van der Waals surface area contributed by atoms with Crippen LogP contribution in [0.15, 0.2) is 84.4 Å². The Morgan fingerprint density at radius 1 is 0.935 bits per heavy atom. The van der Waals surface area contributed by atoms with Crippen LogP contribution in [0.1, 0.15) is 11.1 Å². The number of carbonyl (C=O) groups is 2. The van der Waals surface area contributed by atoms with E-state index in [1.165, 1.54) is 5.01 Å². The molecule has 0 aliphatic carbocycles. The summed E-state index contributed by atoms with van der Waals surface area (Å²) in [6, 6.07) is 24.5. The smallest absolute Gasteiger partial charge is 0.282 e. The molecule has 0 saturated carbocycles. The average molecular weight is 413 g/mol. The maximum atomic E-state index is 12.9. The molecule has 0 unspecified atom stereocenters. The van der Waals surface area contributed by atoms with Crippen LogP contribution in [0.2, 0.25) is 0 Å². The number of benzene rings is 3. The molecule has 0 atom stereocenters. The summed E-state index contributed by atoms with van der Waals surface area (Å²) in [5, 5.41) is 1.26. The van der Waals surface area contributed by atoms with Crippen LogP contribution in [-0.4, -0.2) is 25.9 Å². The number of hydrogen-bond acceptors (Lipinski definition) is 4. The Morgan fingerprint density at radius 2 is 1.61 bits per heavy atom. The molecule has 0 bridgehead atoms. The lowest BCUT2D eigenvalue weighted by molar-refractivity contribution is -0.117. The van der Waals surface area contributed by atoms with Gasteiger partial charge in [-0.1, -0.05) is 48.5 Å². The van der Waals surface area contributed by atoms with Gasteiger partial charge >= 0.3 is 0 Å². The summed E-state index contributed by atoms with van der Waals surface area (Å²) in [6.45, 7) is 0.379. The van der Waals surface area contributed by atoms with Crippen molar-refractivity contribution in [3.63, 3.8) is 0 Å². The van der Waals surface area contributed by atoms with Gasteiger partial charge in [-0.2, -0.15) is 0 Å². The highest BCUT2D eigenvalue weighted by atomic mass is 16.5. The maximum absolute atomic E-state index is 12.9. The predicted molar refractivity (Wildman–Crippen MR) is 122 cm³/mol. The van der Waals surface area contributed by atoms with Gasteiger partial charge < -0.3 is 9.64 Å². The summed E-state index contributed by atoms with van der Waals surface area (Å²) < 4.78 is 6.08. The number of amides is 2. The summed E-state index contributed by atoms with van der Waals surface area (Å²) in [5.41, 5.74) is 5.94. The van der Waals surface area contributed by atoms with Gasteiger partial charge in [-0.05, 0) is 35.9 Å². The van der Waals surface area contributed by atoms with Crippen molar-refractivity contribution >= 4 is 29.3 Å². The van der Waals surface area contributed by atoms with E-state index in [2.05, 4.69) is 5.43 Å². The van der Waals surface area contributed by atoms with Crippen molar-refractivity contribution in [2.45, 2.75) is 6.61 Å². The van der Waals surface area contributed by atoms with E-state index < -0.39 is 11.8 Å². The molecule has 1 fully saturated rings. The standard InChI is InChI=1S/C25H23N3O3/c1-27(2)21-14-13-19(23(16-21)31-17-18-9-5-3-6-10-18)15-22-24(29)26-28(25(22)30)20-11-7-4-8-12-20/h3-16H,17H2,1-2H3,(H,26,29)/b22-15-. The van der Waals surface area contributed by atoms with Gasteiger partial charge in [-0.15, -0.1) is 0 Å². The van der Waals surface area contributed by atoms with Crippen LogP contribution in [-0.2, 0) is 16.2 Å². The molecule has 156 valence electrons. The van der Waals surface area contributed by atoms with Crippen molar-refractivity contribution in [3.05, 3.63) is 95.6 Å². The lowest BCUT2D eigenvalue weighted by Crippen LogP contribution is -2.35. The first-order valence-corrected chi connectivity index (χ1v) is 9.93. The first-order chi connectivity index (χ1) is 15.0. The summed E-state index contributed by atoms with van der Waals surface area (Å²) in [6.07, 6.45) is 1.58. The fraction of sp³-hybridized carbons (Fsp3) is 0.120. The largest absolute Gasteiger partial charge is 0.488 e. The quantitative estimate of drug-likeness (QED) is 0.493. The minimum Gasteiger partial charge on any atom is -0.488 e. The van der Waals surface area contributed by atoms with E-state index in [9.17, 15) is 9.59 Å². The highest BCUT2D eigenvalue weighted by molar-refractivity contribution is 6.31. The third-order valence-electron chi connectivity index (χ3n) is 4.96. The lowest BCUT2D eigenvalue weighted by atomic mass is 10.1. The average Bonchev–Trinajstić information content (AvgIpc) is 3.08. The number of nitrogens with one attached hydrogen (secondary N) is 1. The minimum absolute atomic E-state index is 0.0611. The molecule has 1 aliphatic rings. The number of anilines is 2. The van der Waals surface area contributed by atoms with Gasteiger partial charge in [0.1, 0.15) is 17.9 Å². The highest BCUT2D eigenvalue weighted by Crippen LogP contribution is 2.29. The number of nitrogens with zero attached hydrogens (tertiary/aromatic N) is 2. The number of ether oxygens (including phenoxy) is 1. The van der Waals surface area contributed by atoms with Crippen molar-refractivity contribution < 1.29 is 14.3 Å². The lowest BCUT2D eigenvalue weighted by Gasteiger charge is -2.16. The number of para-hydroxylation sites is 1. The Morgan fingerprint density at radius 3 is 2.29 bits per heavy atom. The van der Waals surface area contributed by atoms with Crippen molar-refractivity contribution in [1.82, 2.24) is 5.43 Å². The van der Waals surface area contributed by atoms with E-state index in [1.54, 1.807) is 18.2 Å².